The summed E-state index contributed by atoms with van der Waals surface area (Å²) in [5.74, 6) is -0.471. The molecule has 0 unspecified atom stereocenters. The Morgan fingerprint density at radius 2 is 1.91 bits per heavy atom. The summed E-state index contributed by atoms with van der Waals surface area (Å²) in [5.41, 5.74) is 3.53. The second-order valence-corrected chi connectivity index (χ2v) is 9.60. The molecule has 0 radical (unpaired) electrons. The molecule has 0 saturated carbocycles. The molecule has 172 valence electrons. The quantitative estimate of drug-likeness (QED) is 0.610. The zero-order valence-corrected chi connectivity index (χ0v) is 19.9. The molecule has 0 aliphatic carbocycles. The first-order valence-electron chi connectivity index (χ1n) is 10.6. The molecule has 0 bridgehead atoms. The number of hydrogen-bond donors (Lipinski definition) is 2. The van der Waals surface area contributed by atoms with Crippen LogP contribution < -0.4 is 10.6 Å². The number of halogens is 1. The van der Waals surface area contributed by atoms with Crippen molar-refractivity contribution in [1.29, 1.82) is 0 Å². The lowest BCUT2D eigenvalue weighted by Gasteiger charge is -2.18. The van der Waals surface area contributed by atoms with Crippen molar-refractivity contribution >= 4 is 40.7 Å². The standard InChI is InChI=1S/C23H28ClN3O4S/c1-27-11-8-16-4-3-15(13-17(16)9-12-27)14-19(28)18(7-10-25-23(30)31-2)26-22(29)20-5-6-21(24)32-20/h3-6,13,18H,7-12,14H2,1-2H3,(H,25,30)(H,26,29)/t18-/m1/s1. The number of thiophene rings is 1. The number of Topliss-reactive ketones (excluding diaryl/α,β-unsaturated/α-hetero) is 1. The van der Waals surface area contributed by atoms with Crippen molar-refractivity contribution in [3.63, 3.8) is 0 Å². The predicted octanol–water partition coefficient (Wildman–Crippen LogP) is 3.09. The van der Waals surface area contributed by atoms with Gasteiger partial charge in [-0.2, -0.15) is 0 Å². The summed E-state index contributed by atoms with van der Waals surface area (Å²) < 4.78 is 5.07. The van der Waals surface area contributed by atoms with Crippen LogP contribution in [-0.2, 0) is 28.8 Å². The highest BCUT2D eigenvalue weighted by atomic mass is 35.5. The number of hydrogen-bond acceptors (Lipinski definition) is 6. The number of nitrogens with one attached hydrogen (secondary N) is 2. The van der Waals surface area contributed by atoms with Crippen LogP contribution in [0.3, 0.4) is 0 Å². The molecule has 7 nitrogen and oxygen atoms in total. The van der Waals surface area contributed by atoms with E-state index in [9.17, 15) is 14.4 Å². The van der Waals surface area contributed by atoms with Gasteiger partial charge in [-0.05, 0) is 55.1 Å². The maximum absolute atomic E-state index is 13.1. The molecule has 9 heteroatoms. The lowest BCUT2D eigenvalue weighted by Crippen LogP contribution is -2.43. The number of carbonyl (C=O) groups is 3. The summed E-state index contributed by atoms with van der Waals surface area (Å²) in [7, 11) is 3.39. The Bertz CT molecular complexity index is 978. The van der Waals surface area contributed by atoms with E-state index in [1.807, 2.05) is 6.07 Å². The summed E-state index contributed by atoms with van der Waals surface area (Å²) in [6.07, 6.45) is 1.84. The number of nitrogens with zero attached hydrogens (tertiary/aromatic N) is 1. The largest absolute Gasteiger partial charge is 0.453 e. The zero-order chi connectivity index (χ0) is 23.1. The van der Waals surface area contributed by atoms with Gasteiger partial charge < -0.3 is 20.3 Å². The van der Waals surface area contributed by atoms with Crippen molar-refractivity contribution in [3.8, 4) is 0 Å². The Hall–Kier alpha value is -2.42. The molecule has 1 aromatic carbocycles. The number of rotatable bonds is 8. The fourth-order valence-electron chi connectivity index (χ4n) is 3.69. The van der Waals surface area contributed by atoms with E-state index in [2.05, 4.69) is 39.5 Å². The molecule has 2 aromatic rings. The average molecular weight is 478 g/mol. The van der Waals surface area contributed by atoms with E-state index < -0.39 is 12.1 Å². The van der Waals surface area contributed by atoms with Crippen molar-refractivity contribution in [1.82, 2.24) is 15.5 Å². The zero-order valence-electron chi connectivity index (χ0n) is 18.3. The Kier molecular flexibility index (Phi) is 8.67. The van der Waals surface area contributed by atoms with Gasteiger partial charge in [-0.1, -0.05) is 29.8 Å². The van der Waals surface area contributed by atoms with Gasteiger partial charge in [-0.3, -0.25) is 9.59 Å². The highest BCUT2D eigenvalue weighted by Crippen LogP contribution is 2.22. The molecule has 0 saturated heterocycles. The third-order valence-electron chi connectivity index (χ3n) is 5.55. The van der Waals surface area contributed by atoms with Crippen molar-refractivity contribution in [2.45, 2.75) is 31.7 Å². The number of carbonyl (C=O) groups excluding carboxylic acids is 3. The van der Waals surface area contributed by atoms with Gasteiger partial charge in [0.1, 0.15) is 0 Å². The molecule has 1 aromatic heterocycles. The number of amides is 2. The first kappa shape index (κ1) is 24.2. The highest BCUT2D eigenvalue weighted by molar-refractivity contribution is 7.18. The van der Waals surface area contributed by atoms with Crippen molar-refractivity contribution in [2.75, 3.05) is 33.8 Å². The van der Waals surface area contributed by atoms with E-state index in [1.165, 1.54) is 18.2 Å². The molecule has 32 heavy (non-hydrogen) atoms. The van der Waals surface area contributed by atoms with E-state index in [0.29, 0.717) is 9.21 Å². The van der Waals surface area contributed by atoms with E-state index in [-0.39, 0.29) is 31.1 Å². The van der Waals surface area contributed by atoms with Crippen LogP contribution in [0.4, 0.5) is 4.79 Å². The molecule has 3 rings (SSSR count). The Morgan fingerprint density at radius 3 is 2.59 bits per heavy atom. The molecule has 2 amide bonds. The predicted molar refractivity (Wildman–Crippen MR) is 126 cm³/mol. The van der Waals surface area contributed by atoms with Gasteiger partial charge >= 0.3 is 6.09 Å². The van der Waals surface area contributed by atoms with Crippen molar-refractivity contribution in [3.05, 3.63) is 56.2 Å². The van der Waals surface area contributed by atoms with Crippen LogP contribution in [0.1, 0.15) is 32.8 Å². The van der Waals surface area contributed by atoms with Gasteiger partial charge in [0, 0.05) is 26.1 Å². The first-order valence-corrected chi connectivity index (χ1v) is 11.7. The number of alkyl carbamates (subject to hydrolysis) is 1. The van der Waals surface area contributed by atoms with Crippen LogP contribution in [0.25, 0.3) is 0 Å². The number of benzene rings is 1. The summed E-state index contributed by atoms with van der Waals surface area (Å²) in [4.78, 5) is 39.8. The van der Waals surface area contributed by atoms with Crippen LogP contribution in [0.2, 0.25) is 4.34 Å². The lowest BCUT2D eigenvalue weighted by atomic mass is 9.95. The number of ketones is 1. The SMILES string of the molecule is COC(=O)NCC[C@@H](NC(=O)c1ccc(Cl)s1)C(=O)Cc1ccc2c(c1)CCN(C)CC2. The van der Waals surface area contributed by atoms with Crippen molar-refractivity contribution in [2.24, 2.45) is 0 Å². The van der Waals surface area contributed by atoms with Crippen LogP contribution in [0.15, 0.2) is 30.3 Å². The van der Waals surface area contributed by atoms with Gasteiger partial charge in [-0.25, -0.2) is 4.79 Å². The minimum absolute atomic E-state index is 0.113. The third-order valence-corrected chi connectivity index (χ3v) is 6.78. The summed E-state index contributed by atoms with van der Waals surface area (Å²) in [6, 6.07) is 8.73. The minimum Gasteiger partial charge on any atom is -0.453 e. The van der Waals surface area contributed by atoms with E-state index in [0.717, 1.165) is 42.8 Å². The second kappa shape index (κ2) is 11.4. The molecule has 1 aliphatic rings. The van der Waals surface area contributed by atoms with Gasteiger partial charge in [0.25, 0.3) is 5.91 Å². The maximum atomic E-state index is 13.1. The lowest BCUT2D eigenvalue weighted by molar-refractivity contribution is -0.120. The van der Waals surface area contributed by atoms with Crippen LogP contribution >= 0.6 is 22.9 Å². The smallest absolute Gasteiger partial charge is 0.406 e. The Labute approximate surface area is 197 Å². The molecule has 0 fully saturated rings. The van der Waals surface area contributed by atoms with Gasteiger partial charge in [0.15, 0.2) is 5.78 Å². The Morgan fingerprint density at radius 1 is 1.16 bits per heavy atom. The fraction of sp³-hybridized carbons (Fsp3) is 0.435. The second-order valence-electron chi connectivity index (χ2n) is 7.89. The average Bonchev–Trinajstić information content (AvgIpc) is 3.13. The number of ether oxygens (including phenoxy) is 1. The van der Waals surface area contributed by atoms with Crippen LogP contribution in [-0.4, -0.2) is 62.5 Å². The normalized spacial score (nSPS) is 14.7. The van der Waals surface area contributed by atoms with E-state index in [4.69, 9.17) is 11.6 Å². The van der Waals surface area contributed by atoms with Crippen molar-refractivity contribution < 1.29 is 19.1 Å². The van der Waals surface area contributed by atoms with Gasteiger partial charge in [0.2, 0.25) is 0 Å². The molecule has 1 atom stereocenters. The van der Waals surface area contributed by atoms with Crippen LogP contribution in [0, 0.1) is 0 Å². The summed E-state index contributed by atoms with van der Waals surface area (Å²) in [5, 5.41) is 5.36. The fourth-order valence-corrected chi connectivity index (χ4v) is 4.64. The molecule has 2 heterocycles. The number of methoxy groups -OCH3 is 1. The third kappa shape index (κ3) is 6.79. The van der Waals surface area contributed by atoms with Crippen LogP contribution in [0.5, 0.6) is 0 Å². The maximum Gasteiger partial charge on any atom is 0.406 e. The molecule has 1 aliphatic heterocycles. The van der Waals surface area contributed by atoms with E-state index >= 15 is 0 Å². The highest BCUT2D eigenvalue weighted by Gasteiger charge is 2.23. The monoisotopic (exact) mass is 477 g/mol. The minimum atomic E-state index is -0.745. The molecule has 0 spiro atoms. The molecule has 2 N–H and O–H groups in total. The summed E-state index contributed by atoms with van der Waals surface area (Å²) in [6.45, 7) is 2.22. The molecular formula is C23H28ClN3O4S. The van der Waals surface area contributed by atoms with E-state index in [1.54, 1.807) is 12.1 Å². The van der Waals surface area contributed by atoms with Gasteiger partial charge in [-0.15, -0.1) is 11.3 Å². The first-order chi connectivity index (χ1) is 15.4. The Balaban J connectivity index is 1.69. The summed E-state index contributed by atoms with van der Waals surface area (Å²) >= 11 is 7.08. The number of fused-ring (bicyclic) bond motifs is 1. The number of likely N-dealkylation sites (N-methyl/N-ethyl adjacent to an activating group) is 1. The molecular weight excluding hydrogens is 450 g/mol. The topological polar surface area (TPSA) is 87.7 Å². The van der Waals surface area contributed by atoms with Gasteiger partial charge in [0.05, 0.1) is 22.4 Å².